The normalized spacial score (nSPS) is 11.3. The fraction of sp³-hybridized carbons (Fsp3) is 0.200. The lowest BCUT2D eigenvalue weighted by atomic mass is 10.2. The maximum absolute atomic E-state index is 12.0. The van der Waals surface area contributed by atoms with Gasteiger partial charge in [-0.15, -0.1) is 0 Å². The SMILES string of the molecule is CN(Cc1cc(=O)c2ccccc2[nH]1)Cc1ncc[nH]1. The van der Waals surface area contributed by atoms with Crippen molar-refractivity contribution < 1.29 is 0 Å². The van der Waals surface area contributed by atoms with Crippen LogP contribution in [0.15, 0.2) is 47.5 Å². The van der Waals surface area contributed by atoms with Crippen molar-refractivity contribution in [3.63, 3.8) is 0 Å². The van der Waals surface area contributed by atoms with Gasteiger partial charge in [0.25, 0.3) is 0 Å². The first kappa shape index (κ1) is 12.6. The summed E-state index contributed by atoms with van der Waals surface area (Å²) in [6.45, 7) is 1.38. The average Bonchev–Trinajstić information content (AvgIpc) is 2.91. The van der Waals surface area contributed by atoms with Crippen LogP contribution in [-0.4, -0.2) is 26.9 Å². The molecule has 0 saturated heterocycles. The first-order valence-electron chi connectivity index (χ1n) is 6.50. The van der Waals surface area contributed by atoms with Gasteiger partial charge in [-0.2, -0.15) is 0 Å². The Balaban J connectivity index is 1.82. The maximum atomic E-state index is 12.0. The fourth-order valence-electron chi connectivity index (χ4n) is 2.32. The molecule has 1 aromatic carbocycles. The summed E-state index contributed by atoms with van der Waals surface area (Å²) in [5, 5.41) is 0.727. The summed E-state index contributed by atoms with van der Waals surface area (Å²) in [4.78, 5) is 24.7. The number of aromatic amines is 2. The van der Waals surface area contributed by atoms with Gasteiger partial charge in [-0.05, 0) is 19.2 Å². The van der Waals surface area contributed by atoms with Gasteiger partial charge in [-0.25, -0.2) is 4.98 Å². The minimum atomic E-state index is 0.0562. The third kappa shape index (κ3) is 2.62. The molecule has 0 spiro atoms. The van der Waals surface area contributed by atoms with Gasteiger partial charge in [0.15, 0.2) is 5.43 Å². The molecule has 0 radical (unpaired) electrons. The Labute approximate surface area is 116 Å². The molecule has 0 aliphatic heterocycles. The summed E-state index contributed by atoms with van der Waals surface area (Å²) in [5.41, 5.74) is 1.84. The molecular formula is C15H16N4O. The topological polar surface area (TPSA) is 64.8 Å². The number of nitrogens with zero attached hydrogens (tertiary/aromatic N) is 2. The molecule has 0 amide bonds. The Morgan fingerprint density at radius 2 is 2.10 bits per heavy atom. The van der Waals surface area contributed by atoms with Gasteiger partial charge in [-0.1, -0.05) is 12.1 Å². The van der Waals surface area contributed by atoms with Crippen LogP contribution in [0.3, 0.4) is 0 Å². The molecule has 102 valence electrons. The van der Waals surface area contributed by atoms with Crippen LogP contribution in [-0.2, 0) is 13.1 Å². The van der Waals surface area contributed by atoms with E-state index in [9.17, 15) is 4.79 Å². The van der Waals surface area contributed by atoms with Crippen molar-refractivity contribution >= 4 is 10.9 Å². The number of pyridine rings is 1. The largest absolute Gasteiger partial charge is 0.357 e. The highest BCUT2D eigenvalue weighted by Crippen LogP contribution is 2.09. The summed E-state index contributed by atoms with van der Waals surface area (Å²) in [5.74, 6) is 0.913. The van der Waals surface area contributed by atoms with Gasteiger partial charge < -0.3 is 9.97 Å². The van der Waals surface area contributed by atoms with Gasteiger partial charge in [0.2, 0.25) is 0 Å². The second-order valence-electron chi connectivity index (χ2n) is 4.91. The van der Waals surface area contributed by atoms with Crippen LogP contribution in [0.5, 0.6) is 0 Å². The Morgan fingerprint density at radius 1 is 1.25 bits per heavy atom. The van der Waals surface area contributed by atoms with Crippen molar-refractivity contribution in [2.24, 2.45) is 0 Å². The number of rotatable bonds is 4. The second kappa shape index (κ2) is 5.30. The Kier molecular flexibility index (Phi) is 3.35. The average molecular weight is 268 g/mol. The van der Waals surface area contributed by atoms with Crippen molar-refractivity contribution in [2.75, 3.05) is 7.05 Å². The third-order valence-electron chi connectivity index (χ3n) is 3.21. The first-order chi connectivity index (χ1) is 9.72. The van der Waals surface area contributed by atoms with E-state index in [1.54, 1.807) is 18.5 Å². The molecule has 2 heterocycles. The highest BCUT2D eigenvalue weighted by molar-refractivity contribution is 5.78. The van der Waals surface area contributed by atoms with E-state index in [4.69, 9.17) is 0 Å². The highest BCUT2D eigenvalue weighted by atomic mass is 16.1. The minimum absolute atomic E-state index is 0.0562. The van der Waals surface area contributed by atoms with Crippen molar-refractivity contribution in [3.05, 3.63) is 64.5 Å². The molecule has 0 unspecified atom stereocenters. The Hall–Kier alpha value is -2.40. The number of nitrogens with one attached hydrogen (secondary N) is 2. The standard InChI is InChI=1S/C15H16N4O/c1-19(10-15-16-6-7-17-15)9-11-8-14(20)12-4-2-3-5-13(12)18-11/h2-8H,9-10H2,1H3,(H,16,17)(H,18,20). The summed E-state index contributed by atoms with van der Waals surface area (Å²) in [6.07, 6.45) is 3.54. The van der Waals surface area contributed by atoms with E-state index in [1.807, 2.05) is 31.3 Å². The van der Waals surface area contributed by atoms with Gasteiger partial charge in [-0.3, -0.25) is 9.69 Å². The number of hydrogen-bond acceptors (Lipinski definition) is 3. The summed E-state index contributed by atoms with van der Waals surface area (Å²) >= 11 is 0. The van der Waals surface area contributed by atoms with Crippen LogP contribution in [0.25, 0.3) is 10.9 Å². The summed E-state index contributed by atoms with van der Waals surface area (Å²) < 4.78 is 0. The lowest BCUT2D eigenvalue weighted by molar-refractivity contribution is 0.308. The summed E-state index contributed by atoms with van der Waals surface area (Å²) in [6, 6.07) is 9.23. The van der Waals surface area contributed by atoms with Gasteiger partial charge in [0.05, 0.1) is 6.54 Å². The van der Waals surface area contributed by atoms with E-state index in [0.29, 0.717) is 13.1 Å². The maximum Gasteiger partial charge on any atom is 0.189 e. The molecule has 3 rings (SSSR count). The molecule has 0 atom stereocenters. The number of benzene rings is 1. The Bertz CT molecular complexity index is 761. The number of aromatic nitrogens is 3. The lowest BCUT2D eigenvalue weighted by Crippen LogP contribution is -2.20. The molecule has 5 heteroatoms. The predicted octanol–water partition coefficient (Wildman–Crippen LogP) is 1.88. The van der Waals surface area contributed by atoms with Crippen LogP contribution in [0.1, 0.15) is 11.5 Å². The smallest absolute Gasteiger partial charge is 0.189 e. The lowest BCUT2D eigenvalue weighted by Gasteiger charge is -2.15. The molecule has 0 aliphatic rings. The van der Waals surface area contributed by atoms with E-state index in [0.717, 1.165) is 22.4 Å². The first-order valence-corrected chi connectivity index (χ1v) is 6.50. The summed E-state index contributed by atoms with van der Waals surface area (Å²) in [7, 11) is 2.00. The molecule has 0 bridgehead atoms. The van der Waals surface area contributed by atoms with E-state index in [1.165, 1.54) is 0 Å². The number of H-pyrrole nitrogens is 2. The van der Waals surface area contributed by atoms with E-state index >= 15 is 0 Å². The van der Waals surface area contributed by atoms with Gasteiger partial charge in [0, 0.05) is 41.6 Å². The molecule has 5 nitrogen and oxygen atoms in total. The van der Waals surface area contributed by atoms with E-state index < -0.39 is 0 Å². The molecule has 0 aliphatic carbocycles. The predicted molar refractivity (Wildman–Crippen MR) is 78.3 cm³/mol. The molecule has 2 aromatic heterocycles. The second-order valence-corrected chi connectivity index (χ2v) is 4.91. The zero-order valence-corrected chi connectivity index (χ0v) is 11.3. The number of hydrogen-bond donors (Lipinski definition) is 2. The number of para-hydroxylation sites is 1. The van der Waals surface area contributed by atoms with E-state index in [-0.39, 0.29) is 5.43 Å². The van der Waals surface area contributed by atoms with Crippen molar-refractivity contribution in [2.45, 2.75) is 13.1 Å². The van der Waals surface area contributed by atoms with Crippen LogP contribution >= 0.6 is 0 Å². The molecule has 20 heavy (non-hydrogen) atoms. The van der Waals surface area contributed by atoms with Gasteiger partial charge >= 0.3 is 0 Å². The van der Waals surface area contributed by atoms with Crippen LogP contribution in [0.4, 0.5) is 0 Å². The van der Waals surface area contributed by atoms with Crippen LogP contribution < -0.4 is 5.43 Å². The quantitative estimate of drug-likeness (QED) is 0.759. The van der Waals surface area contributed by atoms with E-state index in [2.05, 4.69) is 19.9 Å². The number of fused-ring (bicyclic) bond motifs is 1. The molecule has 0 saturated carbocycles. The minimum Gasteiger partial charge on any atom is -0.357 e. The van der Waals surface area contributed by atoms with Crippen molar-refractivity contribution in [1.29, 1.82) is 0 Å². The Morgan fingerprint density at radius 3 is 2.90 bits per heavy atom. The number of imidazole rings is 1. The molecule has 3 aromatic rings. The molecule has 0 fully saturated rings. The zero-order valence-electron chi connectivity index (χ0n) is 11.3. The van der Waals surface area contributed by atoms with Crippen molar-refractivity contribution in [1.82, 2.24) is 19.9 Å². The zero-order chi connectivity index (χ0) is 13.9. The fourth-order valence-corrected chi connectivity index (χ4v) is 2.32. The van der Waals surface area contributed by atoms with Crippen LogP contribution in [0, 0.1) is 0 Å². The molecular weight excluding hydrogens is 252 g/mol. The van der Waals surface area contributed by atoms with Crippen molar-refractivity contribution in [3.8, 4) is 0 Å². The van der Waals surface area contributed by atoms with Crippen LogP contribution in [0.2, 0.25) is 0 Å². The monoisotopic (exact) mass is 268 g/mol. The van der Waals surface area contributed by atoms with Gasteiger partial charge in [0.1, 0.15) is 5.82 Å². The highest BCUT2D eigenvalue weighted by Gasteiger charge is 2.06. The molecule has 2 N–H and O–H groups in total. The third-order valence-corrected chi connectivity index (χ3v) is 3.21.